The Balaban J connectivity index is 3.79. The van der Waals surface area contributed by atoms with Crippen LogP contribution in [0.25, 0.3) is 0 Å². The lowest BCUT2D eigenvalue weighted by atomic mass is 10.3. The minimum Gasteiger partial charge on any atom is -0.257 e. The molecule has 0 fully saturated rings. The van der Waals surface area contributed by atoms with Crippen LogP contribution in [0.2, 0.25) is 0 Å². The monoisotopic (exact) mass is 148 g/mol. The van der Waals surface area contributed by atoms with Gasteiger partial charge in [-0.05, 0) is 20.9 Å². The highest BCUT2D eigenvalue weighted by Gasteiger charge is 2.17. The van der Waals surface area contributed by atoms with Crippen molar-refractivity contribution < 1.29 is 0 Å². The molecule has 1 N–H and O–H groups in total. The maximum atomic E-state index is 3.10. The van der Waals surface area contributed by atoms with Gasteiger partial charge in [0.05, 0.1) is 0 Å². The number of hydrogen-bond acceptors (Lipinski definition) is 2. The summed E-state index contributed by atoms with van der Waals surface area (Å²) in [5.41, 5.74) is 3.10. The van der Waals surface area contributed by atoms with Gasteiger partial charge in [-0.1, -0.05) is 6.92 Å². The highest BCUT2D eigenvalue weighted by molar-refractivity contribution is 7.18. The number of nitrogens with one attached hydrogen (secondary N) is 1. The van der Waals surface area contributed by atoms with Crippen LogP contribution in [0.5, 0.6) is 0 Å². The van der Waals surface area contributed by atoms with E-state index >= 15 is 0 Å². The lowest BCUT2D eigenvalue weighted by Gasteiger charge is -2.33. The summed E-state index contributed by atoms with van der Waals surface area (Å²) in [7, 11) is 4.72. The molecule has 0 aromatic carbocycles. The summed E-state index contributed by atoms with van der Waals surface area (Å²) in [4.78, 5) is 0. The Bertz CT molecular complexity index is 73.6. The van der Waals surface area contributed by atoms with E-state index in [2.05, 4.69) is 40.4 Å². The fourth-order valence-electron chi connectivity index (χ4n) is 0.854. The number of hydrogen-bond donors (Lipinski definition) is 1. The van der Waals surface area contributed by atoms with Crippen molar-refractivity contribution in [3.63, 3.8) is 0 Å². The van der Waals surface area contributed by atoms with E-state index in [-0.39, 0.29) is 5.28 Å². The molecule has 0 aromatic rings. The van der Waals surface area contributed by atoms with E-state index in [0.29, 0.717) is 0 Å². The summed E-state index contributed by atoms with van der Waals surface area (Å²) in [6.45, 7) is 7.45. The molecule has 9 heavy (non-hydrogen) atoms. The molecule has 56 valence electrons. The van der Waals surface area contributed by atoms with Gasteiger partial charge in [0, 0.05) is 11.8 Å². The van der Waals surface area contributed by atoms with E-state index < -0.39 is 0 Å². The van der Waals surface area contributed by atoms with E-state index in [0.717, 1.165) is 6.54 Å². The summed E-state index contributed by atoms with van der Waals surface area (Å²) >= 11 is 0. The van der Waals surface area contributed by atoms with Crippen molar-refractivity contribution in [2.75, 3.05) is 13.6 Å². The summed E-state index contributed by atoms with van der Waals surface area (Å²) in [6.07, 6.45) is 0. The lowest BCUT2D eigenvalue weighted by Crippen LogP contribution is -2.46. The first kappa shape index (κ1) is 9.35. The smallest absolute Gasteiger partial charge is 0.0435 e. The van der Waals surface area contributed by atoms with Crippen molar-refractivity contribution >= 4 is 9.24 Å². The first-order valence-electron chi connectivity index (χ1n) is 3.26. The molecule has 0 saturated carbocycles. The van der Waals surface area contributed by atoms with Crippen LogP contribution in [-0.2, 0) is 0 Å². The molecular formula is C6H17N2P. The Morgan fingerprint density at radius 3 is 2.00 bits per heavy atom. The van der Waals surface area contributed by atoms with Crippen molar-refractivity contribution in [3.8, 4) is 0 Å². The van der Waals surface area contributed by atoms with Crippen LogP contribution >= 0.6 is 9.24 Å². The van der Waals surface area contributed by atoms with Crippen molar-refractivity contribution in [2.24, 2.45) is 0 Å². The average Bonchev–Trinajstić information content (AvgIpc) is 1.65. The molecule has 0 aliphatic heterocycles. The van der Waals surface area contributed by atoms with Crippen molar-refractivity contribution in [1.82, 2.24) is 10.4 Å². The Kier molecular flexibility index (Phi) is 3.64. The van der Waals surface area contributed by atoms with Crippen LogP contribution in [-0.4, -0.2) is 23.9 Å². The first-order chi connectivity index (χ1) is 4.02. The number of rotatable bonds is 3. The number of nitrogens with zero attached hydrogens (tertiary/aromatic N) is 1. The summed E-state index contributed by atoms with van der Waals surface area (Å²) < 4.78 is 0. The molecule has 0 rings (SSSR count). The van der Waals surface area contributed by atoms with E-state index in [1.807, 2.05) is 7.05 Å². The molecule has 3 heteroatoms. The Morgan fingerprint density at radius 1 is 1.56 bits per heavy atom. The quantitative estimate of drug-likeness (QED) is 0.475. The molecular weight excluding hydrogens is 131 g/mol. The zero-order valence-corrected chi connectivity index (χ0v) is 7.89. The highest BCUT2D eigenvalue weighted by atomic mass is 31.0. The molecule has 1 unspecified atom stereocenters. The topological polar surface area (TPSA) is 15.3 Å². The van der Waals surface area contributed by atoms with Crippen LogP contribution in [0.3, 0.4) is 0 Å². The second kappa shape index (κ2) is 3.50. The Labute approximate surface area is 60.2 Å². The zero-order valence-electron chi connectivity index (χ0n) is 6.73. The SMILES string of the molecule is CCN(NC)C(C)(C)P. The van der Waals surface area contributed by atoms with Gasteiger partial charge < -0.3 is 0 Å². The molecule has 0 bridgehead atoms. The van der Waals surface area contributed by atoms with Gasteiger partial charge in [-0.15, -0.1) is 9.24 Å². The highest BCUT2D eigenvalue weighted by Crippen LogP contribution is 2.18. The molecule has 0 saturated heterocycles. The summed E-state index contributed by atoms with van der Waals surface area (Å²) in [5.74, 6) is 0. The largest absolute Gasteiger partial charge is 0.257 e. The molecule has 0 aromatic heterocycles. The molecule has 2 nitrogen and oxygen atoms in total. The van der Waals surface area contributed by atoms with E-state index in [9.17, 15) is 0 Å². The first-order valence-corrected chi connectivity index (χ1v) is 3.84. The fraction of sp³-hybridized carbons (Fsp3) is 1.00. The minimum atomic E-state index is 0.156. The van der Waals surface area contributed by atoms with E-state index in [1.165, 1.54) is 0 Å². The van der Waals surface area contributed by atoms with Crippen LogP contribution in [0.15, 0.2) is 0 Å². The van der Waals surface area contributed by atoms with Gasteiger partial charge in [0.25, 0.3) is 0 Å². The van der Waals surface area contributed by atoms with Gasteiger partial charge in [0.2, 0.25) is 0 Å². The van der Waals surface area contributed by atoms with Gasteiger partial charge in [-0.3, -0.25) is 5.43 Å². The summed E-state index contributed by atoms with van der Waals surface area (Å²) in [5, 5.41) is 2.31. The molecule has 1 atom stereocenters. The second-order valence-corrected chi connectivity index (χ2v) is 4.03. The predicted octanol–water partition coefficient (Wildman–Crippen LogP) is 1.05. The van der Waals surface area contributed by atoms with Gasteiger partial charge in [0.1, 0.15) is 0 Å². The normalized spacial score (nSPS) is 12.7. The molecule has 0 heterocycles. The number of hydrazine groups is 1. The van der Waals surface area contributed by atoms with Gasteiger partial charge in [-0.2, -0.15) is 0 Å². The molecule has 0 radical (unpaired) electrons. The Hall–Kier alpha value is 0.350. The molecule has 0 aliphatic carbocycles. The maximum Gasteiger partial charge on any atom is 0.0435 e. The third-order valence-corrected chi connectivity index (χ3v) is 1.59. The summed E-state index contributed by atoms with van der Waals surface area (Å²) in [6, 6.07) is 0. The van der Waals surface area contributed by atoms with E-state index in [1.54, 1.807) is 0 Å². The minimum absolute atomic E-state index is 0.156. The lowest BCUT2D eigenvalue weighted by molar-refractivity contribution is 0.146. The van der Waals surface area contributed by atoms with Crippen molar-refractivity contribution in [2.45, 2.75) is 26.1 Å². The predicted molar refractivity (Wildman–Crippen MR) is 45.2 cm³/mol. The Morgan fingerprint density at radius 2 is 2.00 bits per heavy atom. The average molecular weight is 148 g/mol. The van der Waals surface area contributed by atoms with Crippen LogP contribution < -0.4 is 5.43 Å². The second-order valence-electron chi connectivity index (χ2n) is 2.62. The zero-order chi connectivity index (χ0) is 7.49. The van der Waals surface area contributed by atoms with Crippen molar-refractivity contribution in [1.29, 1.82) is 0 Å². The van der Waals surface area contributed by atoms with Gasteiger partial charge in [0.15, 0.2) is 0 Å². The van der Waals surface area contributed by atoms with Crippen LogP contribution in [0.1, 0.15) is 20.8 Å². The standard InChI is InChI=1S/C6H17N2P/c1-5-8(7-4)6(2,3)9/h7H,5,9H2,1-4H3. The third kappa shape index (κ3) is 3.14. The van der Waals surface area contributed by atoms with E-state index in [4.69, 9.17) is 0 Å². The third-order valence-electron chi connectivity index (χ3n) is 1.28. The maximum absolute atomic E-state index is 3.10. The fourth-order valence-corrected chi connectivity index (χ4v) is 1.17. The van der Waals surface area contributed by atoms with Gasteiger partial charge in [-0.25, -0.2) is 5.01 Å². The van der Waals surface area contributed by atoms with Crippen LogP contribution in [0.4, 0.5) is 0 Å². The van der Waals surface area contributed by atoms with Crippen molar-refractivity contribution in [3.05, 3.63) is 0 Å². The molecule has 0 amide bonds. The van der Waals surface area contributed by atoms with Crippen LogP contribution in [0, 0.1) is 0 Å². The molecule has 0 spiro atoms. The molecule has 0 aliphatic rings. The van der Waals surface area contributed by atoms with Gasteiger partial charge >= 0.3 is 0 Å².